The van der Waals surface area contributed by atoms with Gasteiger partial charge >= 0.3 is 0 Å². The highest BCUT2D eigenvalue weighted by molar-refractivity contribution is 7.99. The summed E-state index contributed by atoms with van der Waals surface area (Å²) in [6.45, 7) is 0. The third-order valence-corrected chi connectivity index (χ3v) is 5.38. The van der Waals surface area contributed by atoms with Crippen molar-refractivity contribution < 1.29 is 9.13 Å². The lowest BCUT2D eigenvalue weighted by molar-refractivity contribution is 0.482. The van der Waals surface area contributed by atoms with Gasteiger partial charge in [-0.25, -0.2) is 4.39 Å². The van der Waals surface area contributed by atoms with Crippen LogP contribution in [0.3, 0.4) is 0 Å². The number of rotatable bonds is 4. The van der Waals surface area contributed by atoms with Crippen LogP contribution in [0.2, 0.25) is 0 Å². The summed E-state index contributed by atoms with van der Waals surface area (Å²) < 4.78 is 21.7. The SMILES string of the molecule is Fc1ccccc1-c1nnc2n1N=C(c1ccc(Oc3ccccc3)cc1)CS2. The molecule has 0 radical (unpaired) electrons. The van der Waals surface area contributed by atoms with Gasteiger partial charge in [0.1, 0.15) is 17.3 Å². The van der Waals surface area contributed by atoms with E-state index in [1.165, 1.54) is 17.8 Å². The molecule has 0 unspecified atom stereocenters. The van der Waals surface area contributed by atoms with Crippen LogP contribution in [0.15, 0.2) is 89.1 Å². The van der Waals surface area contributed by atoms with Gasteiger partial charge in [-0.2, -0.15) is 9.78 Å². The van der Waals surface area contributed by atoms with Crippen molar-refractivity contribution in [1.29, 1.82) is 0 Å². The molecule has 2 heterocycles. The number of hydrogen-bond acceptors (Lipinski definition) is 5. The van der Waals surface area contributed by atoms with Crippen LogP contribution in [-0.2, 0) is 0 Å². The van der Waals surface area contributed by atoms with Gasteiger partial charge < -0.3 is 4.74 Å². The largest absolute Gasteiger partial charge is 0.457 e. The number of thioether (sulfide) groups is 1. The number of fused-ring (bicyclic) bond motifs is 1. The molecule has 4 aromatic rings. The molecule has 7 heteroatoms. The van der Waals surface area contributed by atoms with Crippen molar-refractivity contribution in [2.24, 2.45) is 5.10 Å². The van der Waals surface area contributed by atoms with Gasteiger partial charge in [-0.3, -0.25) is 0 Å². The first kappa shape index (κ1) is 17.6. The van der Waals surface area contributed by atoms with Gasteiger partial charge in [0, 0.05) is 5.75 Å². The van der Waals surface area contributed by atoms with Crippen molar-refractivity contribution in [3.8, 4) is 22.9 Å². The maximum Gasteiger partial charge on any atom is 0.212 e. The lowest BCUT2D eigenvalue weighted by Gasteiger charge is -2.14. The summed E-state index contributed by atoms with van der Waals surface area (Å²) >= 11 is 1.52. The number of ether oxygens (including phenoxy) is 1. The fraction of sp³-hybridized carbons (Fsp3) is 0.0455. The van der Waals surface area contributed by atoms with Gasteiger partial charge in [0.05, 0.1) is 11.3 Å². The van der Waals surface area contributed by atoms with Crippen LogP contribution in [-0.4, -0.2) is 26.3 Å². The van der Waals surface area contributed by atoms with Crippen LogP contribution >= 0.6 is 11.8 Å². The first-order valence-electron chi connectivity index (χ1n) is 9.02. The van der Waals surface area contributed by atoms with Crippen molar-refractivity contribution in [3.05, 3.63) is 90.2 Å². The van der Waals surface area contributed by atoms with E-state index in [4.69, 9.17) is 4.74 Å². The Hall–Kier alpha value is -3.45. The van der Waals surface area contributed by atoms with Gasteiger partial charge in [0.15, 0.2) is 5.82 Å². The molecule has 0 aliphatic carbocycles. The molecular weight excluding hydrogens is 387 g/mol. The fourth-order valence-electron chi connectivity index (χ4n) is 3.02. The van der Waals surface area contributed by atoms with E-state index in [0.29, 0.717) is 22.3 Å². The van der Waals surface area contributed by atoms with Crippen molar-refractivity contribution in [2.75, 3.05) is 5.75 Å². The van der Waals surface area contributed by atoms with E-state index in [2.05, 4.69) is 15.3 Å². The zero-order valence-corrected chi connectivity index (χ0v) is 16.0. The van der Waals surface area contributed by atoms with Crippen LogP contribution in [0.25, 0.3) is 11.4 Å². The molecule has 1 aromatic heterocycles. The van der Waals surface area contributed by atoms with E-state index in [0.717, 1.165) is 22.8 Å². The molecule has 0 bridgehead atoms. The van der Waals surface area contributed by atoms with E-state index in [9.17, 15) is 4.39 Å². The average Bonchev–Trinajstić information content (AvgIpc) is 3.18. The Kier molecular flexibility index (Phi) is 4.57. The summed E-state index contributed by atoms with van der Waals surface area (Å²) in [5, 5.41) is 13.6. The summed E-state index contributed by atoms with van der Waals surface area (Å²) in [5.74, 6) is 2.24. The molecule has 0 amide bonds. The fourth-order valence-corrected chi connectivity index (χ4v) is 3.86. The van der Waals surface area contributed by atoms with Crippen molar-refractivity contribution >= 4 is 17.5 Å². The second-order valence-corrected chi connectivity index (χ2v) is 7.32. The standard InChI is InChI=1S/C22H15FN4OS/c23-19-9-5-4-8-18(19)21-24-25-22-27(21)26-20(14-29-22)15-10-12-17(13-11-15)28-16-6-2-1-3-7-16/h1-13H,14H2. The number of halogens is 1. The van der Waals surface area contributed by atoms with Gasteiger partial charge in [-0.15, -0.1) is 10.2 Å². The summed E-state index contributed by atoms with van der Waals surface area (Å²) in [6.07, 6.45) is 0. The highest BCUT2D eigenvalue weighted by Gasteiger charge is 2.22. The number of hydrogen-bond donors (Lipinski definition) is 0. The van der Waals surface area contributed by atoms with Gasteiger partial charge in [-0.05, 0) is 54.1 Å². The molecule has 0 saturated heterocycles. The maximum absolute atomic E-state index is 14.2. The Morgan fingerprint density at radius 1 is 0.828 bits per heavy atom. The van der Waals surface area contributed by atoms with Crippen LogP contribution in [0.4, 0.5) is 4.39 Å². The van der Waals surface area contributed by atoms with E-state index in [1.54, 1.807) is 22.9 Å². The number of aromatic nitrogens is 3. The lowest BCUT2D eigenvalue weighted by atomic mass is 10.1. The lowest BCUT2D eigenvalue weighted by Crippen LogP contribution is -2.13. The molecule has 3 aromatic carbocycles. The van der Waals surface area contributed by atoms with Crippen molar-refractivity contribution in [1.82, 2.24) is 14.9 Å². The summed E-state index contributed by atoms with van der Waals surface area (Å²) in [6, 6.07) is 23.9. The molecule has 29 heavy (non-hydrogen) atoms. The monoisotopic (exact) mass is 402 g/mol. The van der Waals surface area contributed by atoms with Crippen molar-refractivity contribution in [2.45, 2.75) is 5.16 Å². The quantitative estimate of drug-likeness (QED) is 0.469. The Morgan fingerprint density at radius 3 is 2.34 bits per heavy atom. The van der Waals surface area contributed by atoms with Gasteiger partial charge in [0.25, 0.3) is 0 Å². The second kappa shape index (κ2) is 7.52. The molecule has 0 spiro atoms. The molecule has 1 aliphatic heterocycles. The molecule has 0 N–H and O–H groups in total. The van der Waals surface area contributed by atoms with E-state index in [-0.39, 0.29) is 5.82 Å². The predicted molar refractivity (Wildman–Crippen MR) is 111 cm³/mol. The van der Waals surface area contributed by atoms with Crippen molar-refractivity contribution in [3.63, 3.8) is 0 Å². The second-order valence-electron chi connectivity index (χ2n) is 6.37. The Morgan fingerprint density at radius 2 is 1.55 bits per heavy atom. The Bertz CT molecular complexity index is 1190. The molecule has 1 aliphatic rings. The zero-order chi connectivity index (χ0) is 19.6. The van der Waals surface area contributed by atoms with E-state index < -0.39 is 0 Å². The van der Waals surface area contributed by atoms with Gasteiger partial charge in [0.2, 0.25) is 5.16 Å². The Balaban J connectivity index is 1.44. The highest BCUT2D eigenvalue weighted by atomic mass is 32.2. The third-order valence-electron chi connectivity index (χ3n) is 4.45. The topological polar surface area (TPSA) is 52.3 Å². The number of para-hydroxylation sites is 1. The van der Waals surface area contributed by atoms with Crippen LogP contribution < -0.4 is 4.74 Å². The first-order chi connectivity index (χ1) is 14.3. The molecule has 142 valence electrons. The molecule has 0 fully saturated rings. The first-order valence-corrected chi connectivity index (χ1v) is 10.0. The van der Waals surface area contributed by atoms with Crippen LogP contribution in [0.1, 0.15) is 5.56 Å². The molecule has 0 atom stereocenters. The maximum atomic E-state index is 14.2. The minimum absolute atomic E-state index is 0.350. The molecule has 0 saturated carbocycles. The number of nitrogens with zero attached hydrogens (tertiary/aromatic N) is 4. The summed E-state index contributed by atoms with van der Waals surface area (Å²) in [4.78, 5) is 0. The van der Waals surface area contributed by atoms with Crippen LogP contribution in [0, 0.1) is 5.82 Å². The minimum Gasteiger partial charge on any atom is -0.457 e. The van der Waals surface area contributed by atoms with Crippen LogP contribution in [0.5, 0.6) is 11.5 Å². The zero-order valence-electron chi connectivity index (χ0n) is 15.2. The normalized spacial score (nSPS) is 12.9. The predicted octanol–water partition coefficient (Wildman–Crippen LogP) is 5.23. The summed E-state index contributed by atoms with van der Waals surface area (Å²) in [7, 11) is 0. The molecule has 5 rings (SSSR count). The molecule has 5 nitrogen and oxygen atoms in total. The third kappa shape index (κ3) is 3.52. The van der Waals surface area contributed by atoms with Gasteiger partial charge in [-0.1, -0.05) is 42.1 Å². The average molecular weight is 402 g/mol. The molecular formula is C22H15FN4OS. The van der Waals surface area contributed by atoms with E-state index in [1.807, 2.05) is 54.6 Å². The minimum atomic E-state index is -0.350. The highest BCUT2D eigenvalue weighted by Crippen LogP contribution is 2.30. The Labute approximate surface area is 170 Å². The smallest absolute Gasteiger partial charge is 0.212 e. The summed E-state index contributed by atoms with van der Waals surface area (Å²) in [5.41, 5.74) is 2.21. The van der Waals surface area contributed by atoms with E-state index >= 15 is 0 Å². The number of benzene rings is 3.